The topological polar surface area (TPSA) is 63.6 Å². The number of benzene rings is 2. The van der Waals surface area contributed by atoms with Gasteiger partial charge in [-0.15, -0.1) is 0 Å². The molecule has 4 rings (SSSR count). The largest absolute Gasteiger partial charge is 0.292 e. The molecular formula is C18H13ClN4O. The van der Waals surface area contributed by atoms with Crippen LogP contribution in [0.4, 0.5) is 0 Å². The van der Waals surface area contributed by atoms with Crippen molar-refractivity contribution < 1.29 is 0 Å². The molecule has 0 unspecified atom stereocenters. The van der Waals surface area contributed by atoms with Gasteiger partial charge in [-0.1, -0.05) is 35.9 Å². The molecule has 0 bridgehead atoms. The van der Waals surface area contributed by atoms with Crippen molar-refractivity contribution in [1.82, 2.24) is 20.0 Å². The fourth-order valence-electron chi connectivity index (χ4n) is 2.67. The molecule has 0 saturated heterocycles. The molecule has 0 spiro atoms. The first-order valence-corrected chi connectivity index (χ1v) is 7.81. The molecule has 0 saturated carbocycles. The van der Waals surface area contributed by atoms with E-state index in [0.717, 1.165) is 16.8 Å². The Kier molecular flexibility index (Phi) is 3.43. The van der Waals surface area contributed by atoms with E-state index in [1.807, 2.05) is 49.5 Å². The minimum Gasteiger partial charge on any atom is -0.265 e. The van der Waals surface area contributed by atoms with Crippen molar-refractivity contribution in [3.63, 3.8) is 0 Å². The van der Waals surface area contributed by atoms with Crippen LogP contribution in [0.2, 0.25) is 5.02 Å². The number of rotatable bonds is 2. The Bertz CT molecular complexity index is 1100. The summed E-state index contributed by atoms with van der Waals surface area (Å²) in [5, 5.41) is 12.5. The monoisotopic (exact) mass is 336 g/mol. The Morgan fingerprint density at radius 1 is 1.12 bits per heavy atom. The van der Waals surface area contributed by atoms with Crippen LogP contribution in [-0.4, -0.2) is 20.0 Å². The molecule has 4 aromatic rings. The lowest BCUT2D eigenvalue weighted by molar-refractivity contribution is 0.890. The van der Waals surface area contributed by atoms with Crippen LogP contribution in [0, 0.1) is 6.92 Å². The second-order valence-electron chi connectivity index (χ2n) is 5.58. The Morgan fingerprint density at radius 2 is 1.92 bits per heavy atom. The second-order valence-corrected chi connectivity index (χ2v) is 6.02. The number of aromatic amines is 1. The number of hydrogen-bond acceptors (Lipinski definition) is 3. The van der Waals surface area contributed by atoms with Gasteiger partial charge in [0.15, 0.2) is 5.52 Å². The van der Waals surface area contributed by atoms with Crippen LogP contribution in [0.3, 0.4) is 0 Å². The van der Waals surface area contributed by atoms with Crippen molar-refractivity contribution in [1.29, 1.82) is 0 Å². The molecule has 0 amide bonds. The first-order valence-electron chi connectivity index (χ1n) is 7.43. The Morgan fingerprint density at radius 3 is 2.67 bits per heavy atom. The highest BCUT2D eigenvalue weighted by atomic mass is 35.5. The lowest BCUT2D eigenvalue weighted by atomic mass is 10.1. The van der Waals surface area contributed by atoms with Gasteiger partial charge in [-0.3, -0.25) is 4.79 Å². The van der Waals surface area contributed by atoms with E-state index in [0.29, 0.717) is 21.6 Å². The molecule has 2 aromatic carbocycles. The van der Waals surface area contributed by atoms with Gasteiger partial charge in [0, 0.05) is 16.8 Å². The van der Waals surface area contributed by atoms with Crippen molar-refractivity contribution in [3.8, 4) is 16.9 Å². The van der Waals surface area contributed by atoms with E-state index in [9.17, 15) is 4.79 Å². The van der Waals surface area contributed by atoms with Gasteiger partial charge in [0.1, 0.15) is 5.69 Å². The summed E-state index contributed by atoms with van der Waals surface area (Å²) in [5.74, 6) is 0. The van der Waals surface area contributed by atoms with E-state index in [2.05, 4.69) is 15.3 Å². The van der Waals surface area contributed by atoms with Crippen molar-refractivity contribution in [2.45, 2.75) is 6.92 Å². The smallest absolute Gasteiger partial charge is 0.265 e. The van der Waals surface area contributed by atoms with Gasteiger partial charge in [0.2, 0.25) is 0 Å². The van der Waals surface area contributed by atoms with E-state index >= 15 is 0 Å². The Hall–Kier alpha value is -2.92. The fraction of sp³-hybridized carbons (Fsp3) is 0.0556. The number of nitrogens with zero attached hydrogens (tertiary/aromatic N) is 3. The summed E-state index contributed by atoms with van der Waals surface area (Å²) in [4.78, 5) is 12.1. The number of H-pyrrole nitrogens is 1. The highest BCUT2D eigenvalue weighted by Crippen LogP contribution is 2.26. The number of aryl methyl sites for hydroxylation is 1. The second kappa shape index (κ2) is 5.62. The summed E-state index contributed by atoms with van der Waals surface area (Å²) < 4.78 is 1.70. The highest BCUT2D eigenvalue weighted by molar-refractivity contribution is 6.30. The first-order chi connectivity index (χ1) is 11.6. The Labute approximate surface area is 142 Å². The lowest BCUT2D eigenvalue weighted by Crippen LogP contribution is -2.09. The number of nitrogens with one attached hydrogen (secondary N) is 1. The van der Waals surface area contributed by atoms with Crippen molar-refractivity contribution >= 4 is 22.5 Å². The molecule has 5 nitrogen and oxygen atoms in total. The third-order valence-electron chi connectivity index (χ3n) is 3.84. The summed E-state index contributed by atoms with van der Waals surface area (Å²) in [6, 6.07) is 15.2. The van der Waals surface area contributed by atoms with E-state index in [-0.39, 0.29) is 5.56 Å². The molecule has 118 valence electrons. The van der Waals surface area contributed by atoms with Crippen LogP contribution in [0.1, 0.15) is 5.56 Å². The van der Waals surface area contributed by atoms with Gasteiger partial charge in [-0.25, -0.2) is 9.78 Å². The molecule has 2 heterocycles. The summed E-state index contributed by atoms with van der Waals surface area (Å²) in [6.45, 7) is 2.01. The van der Waals surface area contributed by atoms with E-state index in [1.54, 1.807) is 16.8 Å². The molecule has 0 atom stereocenters. The number of fused-ring (bicyclic) bond motifs is 1. The molecule has 0 aliphatic rings. The van der Waals surface area contributed by atoms with Crippen molar-refractivity contribution in [3.05, 3.63) is 75.7 Å². The SMILES string of the molecule is Cc1cccc(-n2cc3c(-c4ccc(Cl)cc4)n[nH]c(=O)c3n2)c1. The third kappa shape index (κ3) is 2.49. The normalized spacial score (nSPS) is 11.1. The summed E-state index contributed by atoms with van der Waals surface area (Å²) in [5.41, 5.74) is 3.60. The molecule has 0 aliphatic heterocycles. The van der Waals surface area contributed by atoms with Crippen LogP contribution < -0.4 is 5.56 Å². The van der Waals surface area contributed by atoms with E-state index in [1.165, 1.54) is 0 Å². The molecule has 24 heavy (non-hydrogen) atoms. The van der Waals surface area contributed by atoms with Gasteiger partial charge >= 0.3 is 0 Å². The van der Waals surface area contributed by atoms with Crippen LogP contribution in [-0.2, 0) is 0 Å². The molecule has 2 aromatic heterocycles. The van der Waals surface area contributed by atoms with Crippen LogP contribution in [0.5, 0.6) is 0 Å². The zero-order chi connectivity index (χ0) is 16.7. The van der Waals surface area contributed by atoms with Gasteiger partial charge < -0.3 is 0 Å². The molecule has 0 radical (unpaired) electrons. The maximum absolute atomic E-state index is 12.1. The van der Waals surface area contributed by atoms with Gasteiger partial charge in [-0.05, 0) is 36.8 Å². The summed E-state index contributed by atoms with van der Waals surface area (Å²) >= 11 is 5.95. The standard InChI is InChI=1S/C18H13ClN4O/c1-11-3-2-4-14(9-11)23-10-15-16(12-5-7-13(19)8-6-12)20-21-18(24)17(15)22-23/h2-10H,1H3,(H,21,24). The quantitative estimate of drug-likeness (QED) is 0.606. The Balaban J connectivity index is 1.95. The predicted octanol–water partition coefficient (Wildman–Crippen LogP) is 3.74. The molecule has 1 N–H and O–H groups in total. The van der Waals surface area contributed by atoms with Crippen molar-refractivity contribution in [2.75, 3.05) is 0 Å². The van der Waals surface area contributed by atoms with Crippen LogP contribution in [0.25, 0.3) is 27.8 Å². The van der Waals surface area contributed by atoms with Crippen molar-refractivity contribution in [2.24, 2.45) is 0 Å². The number of hydrogen-bond donors (Lipinski definition) is 1. The summed E-state index contributed by atoms with van der Waals surface area (Å²) in [7, 11) is 0. The maximum atomic E-state index is 12.1. The molecule has 6 heteroatoms. The maximum Gasteiger partial charge on any atom is 0.292 e. The minimum absolute atomic E-state index is 0.311. The first kappa shape index (κ1) is 14.7. The minimum atomic E-state index is -0.311. The average molecular weight is 337 g/mol. The van der Waals surface area contributed by atoms with Crippen LogP contribution in [0.15, 0.2) is 59.5 Å². The lowest BCUT2D eigenvalue weighted by Gasteiger charge is -2.02. The molecular weight excluding hydrogens is 324 g/mol. The fourth-order valence-corrected chi connectivity index (χ4v) is 2.79. The zero-order valence-electron chi connectivity index (χ0n) is 12.8. The summed E-state index contributed by atoms with van der Waals surface area (Å²) in [6.07, 6.45) is 1.83. The van der Waals surface area contributed by atoms with Gasteiger partial charge in [0.05, 0.1) is 11.1 Å². The van der Waals surface area contributed by atoms with Crippen LogP contribution >= 0.6 is 11.6 Å². The van der Waals surface area contributed by atoms with E-state index < -0.39 is 0 Å². The van der Waals surface area contributed by atoms with E-state index in [4.69, 9.17) is 11.6 Å². The van der Waals surface area contributed by atoms with Gasteiger partial charge in [0.25, 0.3) is 5.56 Å². The predicted molar refractivity (Wildman–Crippen MR) is 94.7 cm³/mol. The number of halogens is 1. The highest BCUT2D eigenvalue weighted by Gasteiger charge is 2.13. The number of aromatic nitrogens is 4. The molecule has 0 aliphatic carbocycles. The zero-order valence-corrected chi connectivity index (χ0v) is 13.6. The third-order valence-corrected chi connectivity index (χ3v) is 4.09. The molecule has 0 fully saturated rings. The van der Waals surface area contributed by atoms with Gasteiger partial charge in [-0.2, -0.15) is 10.2 Å². The average Bonchev–Trinajstić information content (AvgIpc) is 3.03.